The molecule has 0 radical (unpaired) electrons. The van der Waals surface area contributed by atoms with E-state index >= 15 is 0 Å². The van der Waals surface area contributed by atoms with E-state index in [2.05, 4.69) is 56.3 Å². The van der Waals surface area contributed by atoms with Crippen LogP contribution in [0, 0.1) is 5.92 Å². The maximum Gasteiger partial charge on any atom is 0.119 e. The minimum Gasteiger partial charge on any atom is -0.493 e. The molecule has 1 heteroatoms. The summed E-state index contributed by atoms with van der Waals surface area (Å²) in [5.74, 6) is 1.74. The average molecular weight is 481 g/mol. The van der Waals surface area contributed by atoms with Crippen molar-refractivity contribution in [1.29, 1.82) is 0 Å². The normalized spacial score (nSPS) is 12.3. The van der Waals surface area contributed by atoms with Crippen molar-refractivity contribution in [2.24, 2.45) is 5.92 Å². The first-order valence-corrected chi connectivity index (χ1v) is 15.4. The Bertz CT molecular complexity index is 736. The Morgan fingerprint density at radius 3 is 1.49 bits per heavy atom. The molecule has 0 aliphatic rings. The Morgan fingerprint density at radius 1 is 0.514 bits per heavy atom. The molecular formula is C34H56O. The van der Waals surface area contributed by atoms with Gasteiger partial charge in [-0.2, -0.15) is 0 Å². The average Bonchev–Trinajstić information content (AvgIpc) is 2.89. The molecule has 2 aromatic carbocycles. The zero-order valence-electron chi connectivity index (χ0n) is 23.4. The molecule has 1 atom stereocenters. The van der Waals surface area contributed by atoms with E-state index in [0.29, 0.717) is 5.92 Å². The molecule has 0 heterocycles. The maximum atomic E-state index is 6.34. The molecule has 0 saturated carbocycles. The molecular weight excluding hydrogens is 424 g/mol. The third kappa shape index (κ3) is 14.6. The molecule has 0 saturated heterocycles. The van der Waals surface area contributed by atoms with Gasteiger partial charge < -0.3 is 4.74 Å². The van der Waals surface area contributed by atoms with Gasteiger partial charge in [-0.1, -0.05) is 160 Å². The first kappa shape index (κ1) is 29.7. The first-order valence-electron chi connectivity index (χ1n) is 15.4. The van der Waals surface area contributed by atoms with E-state index in [1.165, 1.54) is 139 Å². The van der Waals surface area contributed by atoms with E-state index in [4.69, 9.17) is 4.74 Å². The summed E-state index contributed by atoms with van der Waals surface area (Å²) >= 11 is 0. The molecule has 1 unspecified atom stereocenters. The van der Waals surface area contributed by atoms with E-state index in [9.17, 15) is 0 Å². The number of benzene rings is 2. The molecule has 35 heavy (non-hydrogen) atoms. The fourth-order valence-corrected chi connectivity index (χ4v) is 5.27. The Kier molecular flexibility index (Phi) is 17.6. The fourth-order valence-electron chi connectivity index (χ4n) is 5.27. The second-order valence-electron chi connectivity index (χ2n) is 10.9. The van der Waals surface area contributed by atoms with Crippen molar-refractivity contribution in [3.63, 3.8) is 0 Å². The third-order valence-corrected chi connectivity index (χ3v) is 7.64. The molecule has 0 spiro atoms. The van der Waals surface area contributed by atoms with Crippen LogP contribution in [-0.4, -0.2) is 6.61 Å². The van der Waals surface area contributed by atoms with Crippen LogP contribution >= 0.6 is 0 Å². The Morgan fingerprint density at radius 2 is 0.971 bits per heavy atom. The predicted molar refractivity (Wildman–Crippen MR) is 157 cm³/mol. The molecule has 198 valence electrons. The molecule has 2 rings (SSSR count). The van der Waals surface area contributed by atoms with E-state index in [0.717, 1.165) is 12.4 Å². The van der Waals surface area contributed by atoms with Crippen LogP contribution in [0.2, 0.25) is 0 Å². The van der Waals surface area contributed by atoms with Crippen LogP contribution in [0.25, 0.3) is 10.8 Å². The zero-order chi connectivity index (χ0) is 24.8. The van der Waals surface area contributed by atoms with Crippen LogP contribution in [0.15, 0.2) is 42.5 Å². The Balaban J connectivity index is 1.67. The van der Waals surface area contributed by atoms with Crippen molar-refractivity contribution >= 4 is 10.8 Å². The van der Waals surface area contributed by atoms with Crippen LogP contribution in [0.5, 0.6) is 5.75 Å². The summed E-state index contributed by atoms with van der Waals surface area (Å²) in [4.78, 5) is 0. The molecule has 1 nitrogen and oxygen atoms in total. The van der Waals surface area contributed by atoms with Crippen molar-refractivity contribution in [2.75, 3.05) is 6.61 Å². The van der Waals surface area contributed by atoms with Crippen LogP contribution in [0.1, 0.15) is 142 Å². The highest BCUT2D eigenvalue weighted by Crippen LogP contribution is 2.24. The highest BCUT2D eigenvalue weighted by Gasteiger charge is 2.10. The first-order chi connectivity index (χ1) is 17.3. The van der Waals surface area contributed by atoms with Crippen LogP contribution in [0.4, 0.5) is 0 Å². The molecule has 2 aromatic rings. The van der Waals surface area contributed by atoms with E-state index in [1.54, 1.807) is 0 Å². The van der Waals surface area contributed by atoms with Gasteiger partial charge in [0.15, 0.2) is 0 Å². The quantitative estimate of drug-likeness (QED) is 0.144. The smallest absolute Gasteiger partial charge is 0.119 e. The SMILES string of the molecule is CCCCCCCCCCCCC(CCCCCCCCCC)COc1ccc2ccccc2c1. The lowest BCUT2D eigenvalue weighted by Crippen LogP contribution is -2.12. The number of unbranched alkanes of at least 4 members (excludes halogenated alkanes) is 16. The van der Waals surface area contributed by atoms with Gasteiger partial charge in [0, 0.05) is 0 Å². The van der Waals surface area contributed by atoms with E-state index < -0.39 is 0 Å². The summed E-state index contributed by atoms with van der Waals surface area (Å²) in [7, 11) is 0. The lowest BCUT2D eigenvalue weighted by atomic mass is 9.94. The summed E-state index contributed by atoms with van der Waals surface area (Å²) in [6.07, 6.45) is 28.1. The lowest BCUT2D eigenvalue weighted by molar-refractivity contribution is 0.224. The van der Waals surface area contributed by atoms with Gasteiger partial charge in [-0.3, -0.25) is 0 Å². The van der Waals surface area contributed by atoms with E-state index in [-0.39, 0.29) is 0 Å². The topological polar surface area (TPSA) is 9.23 Å². The molecule has 0 amide bonds. The molecule has 0 fully saturated rings. The zero-order valence-corrected chi connectivity index (χ0v) is 23.4. The number of hydrogen-bond donors (Lipinski definition) is 0. The van der Waals surface area contributed by atoms with Crippen molar-refractivity contribution in [3.8, 4) is 5.75 Å². The van der Waals surface area contributed by atoms with Crippen molar-refractivity contribution in [2.45, 2.75) is 142 Å². The monoisotopic (exact) mass is 480 g/mol. The van der Waals surface area contributed by atoms with Gasteiger partial charge in [-0.15, -0.1) is 0 Å². The molecule has 0 aliphatic carbocycles. The highest BCUT2D eigenvalue weighted by atomic mass is 16.5. The summed E-state index contributed by atoms with van der Waals surface area (Å²) in [5.41, 5.74) is 0. The Labute approximate surface area is 218 Å². The summed E-state index contributed by atoms with van der Waals surface area (Å²) in [6, 6.07) is 15.1. The maximum absolute atomic E-state index is 6.34. The number of rotatable bonds is 23. The van der Waals surface area contributed by atoms with Crippen LogP contribution in [-0.2, 0) is 0 Å². The summed E-state index contributed by atoms with van der Waals surface area (Å²) in [6.45, 7) is 5.48. The summed E-state index contributed by atoms with van der Waals surface area (Å²) < 4.78 is 6.34. The fraction of sp³-hybridized carbons (Fsp3) is 0.706. The minimum absolute atomic E-state index is 0.704. The van der Waals surface area contributed by atoms with Gasteiger partial charge in [0.25, 0.3) is 0 Å². The second-order valence-corrected chi connectivity index (χ2v) is 10.9. The van der Waals surface area contributed by atoms with Crippen LogP contribution < -0.4 is 4.74 Å². The molecule has 0 aromatic heterocycles. The van der Waals surface area contributed by atoms with E-state index in [1.807, 2.05) is 0 Å². The molecule has 0 bridgehead atoms. The van der Waals surface area contributed by atoms with Crippen molar-refractivity contribution in [1.82, 2.24) is 0 Å². The predicted octanol–water partition coefficient (Wildman–Crippen LogP) is 11.7. The number of hydrogen-bond acceptors (Lipinski definition) is 1. The van der Waals surface area contributed by atoms with Crippen molar-refractivity contribution in [3.05, 3.63) is 42.5 Å². The van der Waals surface area contributed by atoms with Gasteiger partial charge in [-0.05, 0) is 41.7 Å². The largest absolute Gasteiger partial charge is 0.493 e. The van der Waals surface area contributed by atoms with Crippen molar-refractivity contribution < 1.29 is 4.74 Å². The number of fused-ring (bicyclic) bond motifs is 1. The van der Waals surface area contributed by atoms with Gasteiger partial charge in [0.2, 0.25) is 0 Å². The molecule has 0 aliphatic heterocycles. The standard InChI is InChI=1S/C34H56O/c1-3-5-7-9-11-13-14-16-18-20-24-31(23-19-17-15-12-10-8-6-4-2)30-35-34-28-27-32-25-21-22-26-33(32)29-34/h21-22,25-29,31H,3-20,23-24,30H2,1-2H3. The number of ether oxygens (including phenoxy) is 1. The van der Waals surface area contributed by atoms with Gasteiger partial charge >= 0.3 is 0 Å². The molecule has 0 N–H and O–H groups in total. The second kappa shape index (κ2) is 20.7. The Hall–Kier alpha value is -1.50. The summed E-state index contributed by atoms with van der Waals surface area (Å²) in [5, 5.41) is 2.57. The lowest BCUT2D eigenvalue weighted by Gasteiger charge is -2.18. The van der Waals surface area contributed by atoms with Gasteiger partial charge in [-0.25, -0.2) is 0 Å². The van der Waals surface area contributed by atoms with Gasteiger partial charge in [0.1, 0.15) is 5.75 Å². The minimum atomic E-state index is 0.704. The van der Waals surface area contributed by atoms with Crippen LogP contribution in [0.3, 0.4) is 0 Å². The van der Waals surface area contributed by atoms with Gasteiger partial charge in [0.05, 0.1) is 6.61 Å². The highest BCUT2D eigenvalue weighted by molar-refractivity contribution is 5.83. The third-order valence-electron chi connectivity index (χ3n) is 7.64.